The second kappa shape index (κ2) is 10.0. The number of ether oxygens (including phenoxy) is 1. The van der Waals surface area contributed by atoms with E-state index in [9.17, 15) is 19.8 Å². The Labute approximate surface area is 138 Å². The monoisotopic (exact) mass is 332 g/mol. The van der Waals surface area contributed by atoms with Crippen molar-refractivity contribution in [3.05, 3.63) is 0 Å². The Hall–Kier alpha value is -0.980. The second-order valence-electron chi connectivity index (χ2n) is 6.86. The first-order valence-electron chi connectivity index (χ1n) is 8.17. The zero-order valence-corrected chi connectivity index (χ0v) is 14.9. The number of methoxy groups -OCH3 is 1. The number of carbonyl (C=O) groups is 2. The van der Waals surface area contributed by atoms with E-state index in [4.69, 9.17) is 5.11 Å². The molecule has 0 radical (unpaired) electrons. The zero-order chi connectivity index (χ0) is 18.2. The lowest BCUT2D eigenvalue weighted by molar-refractivity contribution is -0.149. The molecule has 0 heterocycles. The lowest BCUT2D eigenvalue weighted by Crippen LogP contribution is -2.45. The summed E-state index contributed by atoms with van der Waals surface area (Å²) in [5.41, 5.74) is -1.15. The molecule has 0 fully saturated rings. The molecule has 0 spiro atoms. The largest absolute Gasteiger partial charge is 0.469 e. The number of ketones is 1. The maximum atomic E-state index is 12.6. The molecule has 0 aromatic rings. The molecule has 0 unspecified atom stereocenters. The highest BCUT2D eigenvalue weighted by atomic mass is 16.5. The number of carbonyl (C=O) groups excluding carboxylic acids is 2. The molecular formula is C17H32O6. The first kappa shape index (κ1) is 22.0. The highest BCUT2D eigenvalue weighted by Crippen LogP contribution is 2.31. The summed E-state index contributed by atoms with van der Waals surface area (Å²) in [6, 6.07) is 0. The van der Waals surface area contributed by atoms with Gasteiger partial charge in [0.15, 0.2) is 0 Å². The Balaban J connectivity index is 4.79. The van der Waals surface area contributed by atoms with Gasteiger partial charge in [0.1, 0.15) is 5.78 Å². The number of hydrogen-bond acceptors (Lipinski definition) is 6. The summed E-state index contributed by atoms with van der Waals surface area (Å²) in [5, 5.41) is 29.3. The van der Waals surface area contributed by atoms with E-state index in [1.807, 2.05) is 6.92 Å². The van der Waals surface area contributed by atoms with Crippen LogP contribution >= 0.6 is 0 Å². The van der Waals surface area contributed by atoms with Crippen LogP contribution in [0.1, 0.15) is 53.4 Å². The molecule has 0 aliphatic rings. The number of esters is 1. The van der Waals surface area contributed by atoms with Crippen molar-refractivity contribution < 1.29 is 29.6 Å². The number of Topliss-reactive ketones (excluding diaryl/α,β-unsaturated/α-hetero) is 1. The summed E-state index contributed by atoms with van der Waals surface area (Å²) in [6.07, 6.45) is -0.0889. The minimum Gasteiger partial charge on any atom is -0.469 e. The maximum absolute atomic E-state index is 12.6. The molecule has 4 atom stereocenters. The van der Waals surface area contributed by atoms with Crippen LogP contribution in [0.25, 0.3) is 0 Å². The maximum Gasteiger partial charge on any atom is 0.308 e. The Morgan fingerprint density at radius 3 is 2.17 bits per heavy atom. The Morgan fingerprint density at radius 2 is 1.70 bits per heavy atom. The molecule has 6 nitrogen and oxygen atoms in total. The number of unbranched alkanes of at least 4 members (excludes halogenated alkanes) is 1. The van der Waals surface area contributed by atoms with E-state index in [2.05, 4.69) is 4.74 Å². The summed E-state index contributed by atoms with van der Waals surface area (Å²) >= 11 is 0. The lowest BCUT2D eigenvalue weighted by atomic mass is 9.73. The van der Waals surface area contributed by atoms with Crippen molar-refractivity contribution in [1.29, 1.82) is 0 Å². The molecular weight excluding hydrogens is 300 g/mol. The van der Waals surface area contributed by atoms with Crippen LogP contribution in [0.3, 0.4) is 0 Å². The van der Waals surface area contributed by atoms with E-state index < -0.39 is 29.5 Å². The molecule has 0 aromatic heterocycles. The van der Waals surface area contributed by atoms with E-state index in [1.54, 1.807) is 20.8 Å². The van der Waals surface area contributed by atoms with Crippen LogP contribution in [0.4, 0.5) is 0 Å². The van der Waals surface area contributed by atoms with E-state index in [-0.39, 0.29) is 24.7 Å². The van der Waals surface area contributed by atoms with Gasteiger partial charge in [-0.05, 0) is 18.8 Å². The van der Waals surface area contributed by atoms with Gasteiger partial charge in [-0.3, -0.25) is 9.59 Å². The number of aliphatic hydroxyl groups excluding tert-OH is 3. The average molecular weight is 332 g/mol. The molecule has 0 amide bonds. The van der Waals surface area contributed by atoms with Gasteiger partial charge in [0.05, 0.1) is 31.2 Å². The predicted molar refractivity (Wildman–Crippen MR) is 86.7 cm³/mol. The summed E-state index contributed by atoms with van der Waals surface area (Å²) in [6.45, 7) is 6.76. The Morgan fingerprint density at radius 1 is 1.13 bits per heavy atom. The highest BCUT2D eigenvalue weighted by molar-refractivity contribution is 5.87. The zero-order valence-electron chi connectivity index (χ0n) is 14.9. The molecule has 6 heteroatoms. The normalized spacial score (nSPS) is 17.2. The topological polar surface area (TPSA) is 104 Å². The Kier molecular flexibility index (Phi) is 9.58. The molecule has 23 heavy (non-hydrogen) atoms. The summed E-state index contributed by atoms with van der Waals surface area (Å²) in [4.78, 5) is 23.9. The van der Waals surface area contributed by atoms with Crippen molar-refractivity contribution in [2.24, 2.45) is 17.3 Å². The SMILES string of the molecule is COC(=O)C[C@H](O)C(C)(C)C(=O)[C@H](C)[C@@H](O)[C@@H](C)CCCCO. The lowest BCUT2D eigenvalue weighted by Gasteiger charge is -2.34. The number of aliphatic hydroxyl groups is 3. The fraction of sp³-hybridized carbons (Fsp3) is 0.882. The van der Waals surface area contributed by atoms with Crippen LogP contribution in [0.5, 0.6) is 0 Å². The summed E-state index contributed by atoms with van der Waals surface area (Å²) in [7, 11) is 1.23. The van der Waals surface area contributed by atoms with Gasteiger partial charge in [0, 0.05) is 12.5 Å². The molecule has 0 aromatic carbocycles. The molecule has 0 aliphatic carbocycles. The van der Waals surface area contributed by atoms with Crippen LogP contribution in [0, 0.1) is 17.3 Å². The molecule has 0 saturated carbocycles. The van der Waals surface area contributed by atoms with Crippen molar-refractivity contribution in [1.82, 2.24) is 0 Å². The average Bonchev–Trinajstić information content (AvgIpc) is 2.52. The van der Waals surface area contributed by atoms with Gasteiger partial charge in [0.2, 0.25) is 0 Å². The van der Waals surface area contributed by atoms with Crippen LogP contribution < -0.4 is 0 Å². The molecule has 3 N–H and O–H groups in total. The van der Waals surface area contributed by atoms with Gasteiger partial charge in [-0.25, -0.2) is 0 Å². The highest BCUT2D eigenvalue weighted by Gasteiger charge is 2.41. The molecule has 0 rings (SSSR count). The molecule has 0 saturated heterocycles. The molecule has 136 valence electrons. The van der Waals surface area contributed by atoms with Crippen LogP contribution in [-0.4, -0.2) is 53.0 Å². The van der Waals surface area contributed by atoms with E-state index in [0.29, 0.717) is 12.8 Å². The van der Waals surface area contributed by atoms with Gasteiger partial charge in [0.25, 0.3) is 0 Å². The molecule has 0 aliphatic heterocycles. The van der Waals surface area contributed by atoms with Crippen molar-refractivity contribution in [3.63, 3.8) is 0 Å². The third-order valence-electron chi connectivity index (χ3n) is 4.63. The van der Waals surface area contributed by atoms with Gasteiger partial charge in [-0.1, -0.05) is 34.1 Å². The van der Waals surface area contributed by atoms with Crippen molar-refractivity contribution in [3.8, 4) is 0 Å². The molecule has 0 bridgehead atoms. The fourth-order valence-corrected chi connectivity index (χ4v) is 2.64. The summed E-state index contributed by atoms with van der Waals surface area (Å²) in [5.74, 6) is -1.60. The minimum absolute atomic E-state index is 0.0888. The number of hydrogen-bond donors (Lipinski definition) is 3. The van der Waals surface area contributed by atoms with E-state index >= 15 is 0 Å². The van der Waals surface area contributed by atoms with Crippen LogP contribution in [0.2, 0.25) is 0 Å². The predicted octanol–water partition coefficient (Wildman–Crippen LogP) is 1.30. The van der Waals surface area contributed by atoms with E-state index in [0.717, 1.165) is 6.42 Å². The van der Waals surface area contributed by atoms with Crippen LogP contribution in [0.15, 0.2) is 0 Å². The quantitative estimate of drug-likeness (QED) is 0.389. The van der Waals surface area contributed by atoms with Crippen LogP contribution in [-0.2, 0) is 14.3 Å². The fourth-order valence-electron chi connectivity index (χ4n) is 2.64. The Bertz CT molecular complexity index is 379. The van der Waals surface area contributed by atoms with Crippen molar-refractivity contribution >= 4 is 11.8 Å². The summed E-state index contributed by atoms with van der Waals surface area (Å²) < 4.78 is 4.52. The van der Waals surface area contributed by atoms with Crippen molar-refractivity contribution in [2.45, 2.75) is 65.6 Å². The standard InChI is InChI=1S/C17H32O6/c1-11(8-6-7-9-18)15(21)12(2)16(22)17(3,4)13(19)10-14(20)23-5/h11-13,15,18-19,21H,6-10H2,1-5H3/t11-,12+,13-,15-/m0/s1. The third-order valence-corrected chi connectivity index (χ3v) is 4.63. The van der Waals surface area contributed by atoms with Gasteiger partial charge < -0.3 is 20.1 Å². The van der Waals surface area contributed by atoms with Gasteiger partial charge in [-0.15, -0.1) is 0 Å². The van der Waals surface area contributed by atoms with Gasteiger partial charge in [-0.2, -0.15) is 0 Å². The first-order chi connectivity index (χ1) is 10.6. The first-order valence-corrected chi connectivity index (χ1v) is 8.17. The van der Waals surface area contributed by atoms with Gasteiger partial charge >= 0.3 is 5.97 Å². The van der Waals surface area contributed by atoms with E-state index in [1.165, 1.54) is 7.11 Å². The second-order valence-corrected chi connectivity index (χ2v) is 6.86. The number of rotatable bonds is 11. The minimum atomic E-state index is -1.17. The smallest absolute Gasteiger partial charge is 0.308 e. The third kappa shape index (κ3) is 6.57. The van der Waals surface area contributed by atoms with Crippen molar-refractivity contribution in [2.75, 3.05) is 13.7 Å².